The average Bonchev–Trinajstić information content (AvgIpc) is 2.65. The van der Waals surface area contributed by atoms with E-state index in [1.54, 1.807) is 24.3 Å². The predicted octanol–water partition coefficient (Wildman–Crippen LogP) is 2.64. The third-order valence-electron chi connectivity index (χ3n) is 3.99. The lowest BCUT2D eigenvalue weighted by Crippen LogP contribution is -2.37. The summed E-state index contributed by atoms with van der Waals surface area (Å²) in [6.07, 6.45) is 0. The van der Waals surface area contributed by atoms with Crippen molar-refractivity contribution in [2.24, 2.45) is 5.73 Å². The molecule has 0 aliphatic heterocycles. The summed E-state index contributed by atoms with van der Waals surface area (Å²) in [7, 11) is 0. The Hall–Kier alpha value is -3.12. The molecule has 0 bridgehead atoms. The number of hydrogen-bond donors (Lipinski definition) is 2. The smallest absolute Gasteiger partial charge is 0.349 e. The van der Waals surface area contributed by atoms with Crippen LogP contribution >= 0.6 is 34.8 Å². The first-order valence-corrected chi connectivity index (χ1v) is 9.04. The number of hydrogen-bond acceptors (Lipinski definition) is 5. The van der Waals surface area contributed by atoms with Crippen LogP contribution in [0.1, 0.15) is 27.5 Å². The van der Waals surface area contributed by atoms with Crippen molar-refractivity contribution < 1.29 is 4.79 Å². The summed E-state index contributed by atoms with van der Waals surface area (Å²) < 4.78 is 0.729. The molecule has 3 N–H and O–H groups in total. The molecule has 0 fully saturated rings. The number of nitrogens with one attached hydrogen (secondary N) is 1. The summed E-state index contributed by atoms with van der Waals surface area (Å²) >= 11 is 18.6. The molecule has 0 aliphatic carbocycles. The van der Waals surface area contributed by atoms with Gasteiger partial charge < -0.3 is 5.73 Å². The van der Waals surface area contributed by atoms with Crippen LogP contribution in [0.3, 0.4) is 0 Å². The van der Waals surface area contributed by atoms with Crippen LogP contribution < -0.4 is 17.0 Å². The van der Waals surface area contributed by atoms with E-state index in [1.165, 1.54) is 12.1 Å². The van der Waals surface area contributed by atoms with Gasteiger partial charge >= 0.3 is 5.69 Å². The Kier molecular flexibility index (Phi) is 5.75. The van der Waals surface area contributed by atoms with Crippen LogP contribution in [-0.4, -0.2) is 20.7 Å². The van der Waals surface area contributed by atoms with Crippen molar-refractivity contribution in [3.63, 3.8) is 0 Å². The van der Waals surface area contributed by atoms with E-state index in [9.17, 15) is 19.6 Å². The SMILES string of the molecule is N#CC(c1ccc(Cl)cc1)c1c(Cl)cc(-n2nc(C(N)=O)c(=O)[nH]c2=O)cc1Cl. The van der Waals surface area contributed by atoms with Gasteiger partial charge in [0.1, 0.15) is 0 Å². The molecule has 1 amide bonds. The number of carbonyl (C=O) groups is 1. The molecule has 8 nitrogen and oxygen atoms in total. The van der Waals surface area contributed by atoms with E-state index in [0.29, 0.717) is 16.1 Å². The zero-order chi connectivity index (χ0) is 21.3. The number of nitrogens with two attached hydrogens (primary N) is 1. The largest absolute Gasteiger partial charge is 0.364 e. The average molecular weight is 451 g/mol. The van der Waals surface area contributed by atoms with Gasteiger partial charge in [-0.2, -0.15) is 15.0 Å². The maximum atomic E-state index is 12.1. The number of benzene rings is 2. The molecular formula is C18H10Cl3N5O3. The minimum absolute atomic E-state index is 0.0697. The third kappa shape index (κ3) is 4.03. The molecule has 1 unspecified atom stereocenters. The third-order valence-corrected chi connectivity index (χ3v) is 4.87. The summed E-state index contributed by atoms with van der Waals surface area (Å²) in [5, 5.41) is 14.0. The summed E-state index contributed by atoms with van der Waals surface area (Å²) in [6, 6.07) is 11.4. The lowest BCUT2D eigenvalue weighted by molar-refractivity contribution is 0.0992. The summed E-state index contributed by atoms with van der Waals surface area (Å²) in [5.41, 5.74) is 3.50. The zero-order valence-electron chi connectivity index (χ0n) is 14.3. The van der Waals surface area contributed by atoms with Gasteiger partial charge in [0.2, 0.25) is 5.69 Å². The van der Waals surface area contributed by atoms with Gasteiger partial charge in [0.15, 0.2) is 0 Å². The molecule has 3 rings (SSSR count). The zero-order valence-corrected chi connectivity index (χ0v) is 16.6. The Morgan fingerprint density at radius 1 is 1.14 bits per heavy atom. The Bertz CT molecular complexity index is 1250. The first-order valence-electron chi connectivity index (χ1n) is 7.90. The van der Waals surface area contributed by atoms with Gasteiger partial charge in [-0.3, -0.25) is 14.6 Å². The summed E-state index contributed by atoms with van der Waals surface area (Å²) in [4.78, 5) is 37.0. The molecule has 0 radical (unpaired) electrons. The fourth-order valence-electron chi connectivity index (χ4n) is 2.67. The minimum Gasteiger partial charge on any atom is -0.364 e. The lowest BCUT2D eigenvalue weighted by Gasteiger charge is -2.16. The van der Waals surface area contributed by atoms with Crippen molar-refractivity contribution in [3.05, 3.63) is 89.1 Å². The number of halogens is 3. The highest BCUT2D eigenvalue weighted by Gasteiger charge is 2.22. The molecule has 1 atom stereocenters. The summed E-state index contributed by atoms with van der Waals surface area (Å²) in [5.74, 6) is -1.91. The van der Waals surface area contributed by atoms with Gasteiger partial charge in [0.25, 0.3) is 11.5 Å². The molecule has 0 aliphatic rings. The fourth-order valence-corrected chi connectivity index (χ4v) is 3.49. The second kappa shape index (κ2) is 8.09. The second-order valence-corrected chi connectivity index (χ2v) is 7.07. The summed E-state index contributed by atoms with van der Waals surface area (Å²) in [6.45, 7) is 0. The molecule has 1 heterocycles. The molecule has 146 valence electrons. The number of carbonyl (C=O) groups excluding carboxylic acids is 1. The number of primary amides is 1. The van der Waals surface area contributed by atoms with Gasteiger partial charge in [0.05, 0.1) is 17.7 Å². The highest BCUT2D eigenvalue weighted by molar-refractivity contribution is 6.36. The van der Waals surface area contributed by atoms with Gasteiger partial charge in [0, 0.05) is 20.6 Å². The Morgan fingerprint density at radius 3 is 2.24 bits per heavy atom. The first-order chi connectivity index (χ1) is 13.7. The number of H-pyrrole nitrogens is 1. The first kappa shape index (κ1) is 20.6. The maximum Gasteiger partial charge on any atom is 0.349 e. The molecular weight excluding hydrogens is 441 g/mol. The Labute approximate surface area is 178 Å². The van der Waals surface area contributed by atoms with E-state index in [0.717, 1.165) is 4.68 Å². The maximum absolute atomic E-state index is 12.1. The molecule has 0 saturated heterocycles. The van der Waals surface area contributed by atoms with Crippen molar-refractivity contribution in [1.82, 2.24) is 14.8 Å². The van der Waals surface area contributed by atoms with Crippen LogP contribution in [0.5, 0.6) is 0 Å². The van der Waals surface area contributed by atoms with Crippen LogP contribution in [-0.2, 0) is 0 Å². The van der Waals surface area contributed by atoms with Crippen molar-refractivity contribution in [1.29, 1.82) is 5.26 Å². The van der Waals surface area contributed by atoms with Crippen LogP contribution in [0, 0.1) is 11.3 Å². The van der Waals surface area contributed by atoms with Crippen LogP contribution in [0.15, 0.2) is 46.0 Å². The number of aromatic amines is 1. The quantitative estimate of drug-likeness (QED) is 0.630. The molecule has 0 saturated carbocycles. The minimum atomic E-state index is -1.11. The topological polar surface area (TPSA) is 135 Å². The predicted molar refractivity (Wildman–Crippen MR) is 108 cm³/mol. The Balaban J connectivity index is 2.16. The van der Waals surface area contributed by atoms with Crippen LogP contribution in [0.25, 0.3) is 5.69 Å². The number of amides is 1. The van der Waals surface area contributed by atoms with Crippen molar-refractivity contribution in [2.45, 2.75) is 5.92 Å². The molecule has 3 aromatic rings. The van der Waals surface area contributed by atoms with Gasteiger partial charge in [-0.25, -0.2) is 4.79 Å². The van der Waals surface area contributed by atoms with Gasteiger partial charge in [-0.1, -0.05) is 46.9 Å². The van der Waals surface area contributed by atoms with Gasteiger partial charge in [-0.05, 0) is 29.8 Å². The van der Waals surface area contributed by atoms with Crippen molar-refractivity contribution >= 4 is 40.7 Å². The van der Waals surface area contributed by atoms with Crippen LogP contribution in [0.4, 0.5) is 0 Å². The standard InChI is InChI=1S/C18H10Cl3N5O3/c19-9-3-1-8(2-4-9)11(7-22)14-12(20)5-10(6-13(14)21)26-18(29)24-17(28)15(25-26)16(23)27/h1-6,11H,(H2,23,27)(H,24,28,29). The molecule has 0 spiro atoms. The number of aromatic nitrogens is 3. The van der Waals surface area contributed by atoms with E-state index in [1.807, 2.05) is 4.98 Å². The normalized spacial score (nSPS) is 11.7. The van der Waals surface area contributed by atoms with Crippen molar-refractivity contribution in [2.75, 3.05) is 0 Å². The van der Waals surface area contributed by atoms with Crippen LogP contribution in [0.2, 0.25) is 15.1 Å². The number of rotatable bonds is 4. The van der Waals surface area contributed by atoms with Gasteiger partial charge in [-0.15, -0.1) is 0 Å². The van der Waals surface area contributed by atoms with E-state index >= 15 is 0 Å². The number of nitrogens with zero attached hydrogens (tertiary/aromatic N) is 3. The highest BCUT2D eigenvalue weighted by atomic mass is 35.5. The highest BCUT2D eigenvalue weighted by Crippen LogP contribution is 2.37. The van der Waals surface area contributed by atoms with E-state index < -0.39 is 28.8 Å². The fraction of sp³-hybridized carbons (Fsp3) is 0.0556. The molecule has 29 heavy (non-hydrogen) atoms. The monoisotopic (exact) mass is 449 g/mol. The molecule has 2 aromatic carbocycles. The van der Waals surface area contributed by atoms with Crippen molar-refractivity contribution in [3.8, 4) is 11.8 Å². The van der Waals surface area contributed by atoms with E-state index in [2.05, 4.69) is 11.2 Å². The van der Waals surface area contributed by atoms with E-state index in [4.69, 9.17) is 40.5 Å². The Morgan fingerprint density at radius 2 is 1.72 bits per heavy atom. The molecule has 1 aromatic heterocycles. The second-order valence-electron chi connectivity index (χ2n) is 5.82. The number of nitriles is 1. The lowest BCUT2D eigenvalue weighted by atomic mass is 9.92. The molecule has 11 heteroatoms. The van der Waals surface area contributed by atoms with E-state index in [-0.39, 0.29) is 15.7 Å².